The summed E-state index contributed by atoms with van der Waals surface area (Å²) in [6.45, 7) is 1.08. The molecule has 0 radical (unpaired) electrons. The zero-order valence-electron chi connectivity index (χ0n) is 13.5. The zero-order valence-corrected chi connectivity index (χ0v) is 13.5. The molecule has 2 heterocycles. The van der Waals surface area contributed by atoms with Gasteiger partial charge in [0.15, 0.2) is 0 Å². The Morgan fingerprint density at radius 2 is 1.76 bits per heavy atom. The molecule has 0 saturated carbocycles. The number of aromatic nitrogens is 2. The van der Waals surface area contributed by atoms with E-state index in [1.807, 2.05) is 24.3 Å². The van der Waals surface area contributed by atoms with Crippen LogP contribution in [0, 0.1) is 11.6 Å². The molecule has 0 atom stereocenters. The van der Waals surface area contributed by atoms with Gasteiger partial charge in [0.1, 0.15) is 17.5 Å². The van der Waals surface area contributed by atoms with E-state index in [1.54, 1.807) is 4.90 Å². The molecule has 128 valence electrons. The number of benzene rings is 2. The molecule has 0 aliphatic carbocycles. The number of nitrogens with one attached hydrogen (secondary N) is 1. The van der Waals surface area contributed by atoms with Crippen molar-refractivity contribution in [1.82, 2.24) is 14.9 Å². The summed E-state index contributed by atoms with van der Waals surface area (Å²) < 4.78 is 26.6. The fraction of sp³-hybridized carbons (Fsp3) is 0.263. The largest absolute Gasteiger partial charge is 0.342 e. The van der Waals surface area contributed by atoms with Gasteiger partial charge in [-0.25, -0.2) is 13.8 Å². The van der Waals surface area contributed by atoms with Crippen molar-refractivity contribution in [3.05, 3.63) is 65.5 Å². The van der Waals surface area contributed by atoms with Crippen molar-refractivity contribution < 1.29 is 13.6 Å². The van der Waals surface area contributed by atoms with Gasteiger partial charge in [-0.05, 0) is 37.1 Å². The van der Waals surface area contributed by atoms with E-state index in [0.717, 1.165) is 47.9 Å². The number of piperidine rings is 1. The highest BCUT2D eigenvalue weighted by Crippen LogP contribution is 2.28. The number of likely N-dealkylation sites (tertiary alicyclic amines) is 1. The fourth-order valence-corrected chi connectivity index (χ4v) is 3.38. The fourth-order valence-electron chi connectivity index (χ4n) is 3.38. The van der Waals surface area contributed by atoms with E-state index in [1.165, 1.54) is 0 Å². The first-order valence-corrected chi connectivity index (χ1v) is 8.30. The van der Waals surface area contributed by atoms with Crippen molar-refractivity contribution in [2.24, 2.45) is 0 Å². The first-order chi connectivity index (χ1) is 12.1. The topological polar surface area (TPSA) is 49.0 Å². The number of halogens is 2. The molecule has 2 aromatic carbocycles. The molecule has 1 N–H and O–H groups in total. The Bertz CT molecular complexity index is 876. The summed E-state index contributed by atoms with van der Waals surface area (Å²) in [6, 6.07) is 10.8. The Morgan fingerprint density at radius 3 is 2.44 bits per heavy atom. The summed E-state index contributed by atoms with van der Waals surface area (Å²) >= 11 is 0. The number of rotatable bonds is 2. The number of amides is 1. The highest BCUT2D eigenvalue weighted by molar-refractivity contribution is 5.94. The van der Waals surface area contributed by atoms with Crippen LogP contribution in [0.3, 0.4) is 0 Å². The van der Waals surface area contributed by atoms with Gasteiger partial charge in [0.05, 0.1) is 11.0 Å². The lowest BCUT2D eigenvalue weighted by atomic mass is 9.95. The Labute approximate surface area is 143 Å². The van der Waals surface area contributed by atoms with E-state index in [-0.39, 0.29) is 17.4 Å². The summed E-state index contributed by atoms with van der Waals surface area (Å²) in [5.41, 5.74) is 2.00. The minimum atomic E-state index is -0.736. The second kappa shape index (κ2) is 6.27. The molecule has 0 unspecified atom stereocenters. The minimum absolute atomic E-state index is 0.0553. The van der Waals surface area contributed by atoms with Gasteiger partial charge in [-0.3, -0.25) is 4.79 Å². The van der Waals surface area contributed by atoms with Crippen molar-refractivity contribution in [2.75, 3.05) is 13.1 Å². The molecule has 1 aliphatic rings. The molecule has 4 rings (SSSR count). The van der Waals surface area contributed by atoms with E-state index < -0.39 is 11.6 Å². The van der Waals surface area contributed by atoms with Crippen LogP contribution < -0.4 is 0 Å². The molecule has 1 saturated heterocycles. The number of aromatic amines is 1. The Balaban J connectivity index is 1.46. The molecule has 0 spiro atoms. The first-order valence-electron chi connectivity index (χ1n) is 8.30. The van der Waals surface area contributed by atoms with E-state index in [0.29, 0.717) is 13.1 Å². The molecule has 1 aliphatic heterocycles. The van der Waals surface area contributed by atoms with Crippen molar-refractivity contribution in [1.29, 1.82) is 0 Å². The second-order valence-corrected chi connectivity index (χ2v) is 6.36. The van der Waals surface area contributed by atoms with Gasteiger partial charge in [-0.2, -0.15) is 0 Å². The van der Waals surface area contributed by atoms with Crippen LogP contribution in [0.4, 0.5) is 8.78 Å². The minimum Gasteiger partial charge on any atom is -0.342 e. The third-order valence-electron chi connectivity index (χ3n) is 4.69. The molecule has 3 aromatic rings. The molecule has 6 heteroatoms. The summed E-state index contributed by atoms with van der Waals surface area (Å²) in [7, 11) is 0. The lowest BCUT2D eigenvalue weighted by molar-refractivity contribution is 0.0710. The predicted molar refractivity (Wildman–Crippen MR) is 90.3 cm³/mol. The summed E-state index contributed by atoms with van der Waals surface area (Å²) in [5.74, 6) is -0.617. The maximum Gasteiger partial charge on any atom is 0.254 e. The highest BCUT2D eigenvalue weighted by atomic mass is 19.1. The lowest BCUT2D eigenvalue weighted by Crippen LogP contribution is -2.38. The van der Waals surface area contributed by atoms with Crippen LogP contribution in [-0.4, -0.2) is 33.9 Å². The quantitative estimate of drug-likeness (QED) is 0.769. The molecule has 1 amide bonds. The van der Waals surface area contributed by atoms with Crippen LogP contribution in [0.1, 0.15) is 34.9 Å². The van der Waals surface area contributed by atoms with Crippen molar-refractivity contribution in [3.63, 3.8) is 0 Å². The van der Waals surface area contributed by atoms with Gasteiger partial charge < -0.3 is 9.88 Å². The van der Waals surface area contributed by atoms with Crippen LogP contribution in [0.25, 0.3) is 11.0 Å². The van der Waals surface area contributed by atoms with Crippen LogP contribution >= 0.6 is 0 Å². The normalized spacial score (nSPS) is 15.7. The summed E-state index contributed by atoms with van der Waals surface area (Å²) in [4.78, 5) is 22.1. The van der Waals surface area contributed by atoms with Crippen molar-refractivity contribution >= 4 is 16.9 Å². The number of fused-ring (bicyclic) bond motifs is 1. The molecule has 1 aromatic heterocycles. The SMILES string of the molecule is O=C(c1cc(F)cc(F)c1)N1CCC(c2nc3ccccc3[nH]2)CC1. The number of imidazole rings is 1. The van der Waals surface area contributed by atoms with Crippen LogP contribution in [0.2, 0.25) is 0 Å². The van der Waals surface area contributed by atoms with Gasteiger partial charge >= 0.3 is 0 Å². The number of nitrogens with zero attached hydrogens (tertiary/aromatic N) is 2. The zero-order chi connectivity index (χ0) is 17.4. The average molecular weight is 341 g/mol. The molecule has 25 heavy (non-hydrogen) atoms. The van der Waals surface area contributed by atoms with Gasteiger partial charge in [0.2, 0.25) is 0 Å². The molecular weight excluding hydrogens is 324 g/mol. The number of hydrogen-bond acceptors (Lipinski definition) is 2. The number of H-pyrrole nitrogens is 1. The van der Waals surface area contributed by atoms with Crippen LogP contribution in [-0.2, 0) is 0 Å². The number of hydrogen-bond donors (Lipinski definition) is 1. The Hall–Kier alpha value is -2.76. The van der Waals surface area contributed by atoms with Crippen molar-refractivity contribution in [3.8, 4) is 0 Å². The number of para-hydroxylation sites is 2. The van der Waals surface area contributed by atoms with Gasteiger partial charge in [0, 0.05) is 30.6 Å². The van der Waals surface area contributed by atoms with Gasteiger partial charge in [-0.15, -0.1) is 0 Å². The van der Waals surface area contributed by atoms with Gasteiger partial charge in [0.25, 0.3) is 5.91 Å². The smallest absolute Gasteiger partial charge is 0.254 e. The van der Waals surface area contributed by atoms with E-state index in [9.17, 15) is 13.6 Å². The molecule has 4 nitrogen and oxygen atoms in total. The lowest BCUT2D eigenvalue weighted by Gasteiger charge is -2.31. The highest BCUT2D eigenvalue weighted by Gasteiger charge is 2.26. The molecule has 1 fully saturated rings. The van der Waals surface area contributed by atoms with Crippen LogP contribution in [0.5, 0.6) is 0 Å². The Kier molecular flexibility index (Phi) is 3.95. The molecule has 0 bridgehead atoms. The first kappa shape index (κ1) is 15.7. The monoisotopic (exact) mass is 341 g/mol. The van der Waals surface area contributed by atoms with E-state index in [4.69, 9.17) is 0 Å². The average Bonchev–Trinajstić information content (AvgIpc) is 3.04. The van der Waals surface area contributed by atoms with E-state index >= 15 is 0 Å². The third kappa shape index (κ3) is 3.12. The maximum absolute atomic E-state index is 13.3. The molecular formula is C19H17F2N3O. The summed E-state index contributed by atoms with van der Waals surface area (Å²) in [5, 5.41) is 0. The van der Waals surface area contributed by atoms with Crippen molar-refractivity contribution in [2.45, 2.75) is 18.8 Å². The Morgan fingerprint density at radius 1 is 1.08 bits per heavy atom. The second-order valence-electron chi connectivity index (χ2n) is 6.36. The van der Waals surface area contributed by atoms with Crippen LogP contribution in [0.15, 0.2) is 42.5 Å². The van der Waals surface area contributed by atoms with E-state index in [2.05, 4.69) is 9.97 Å². The summed E-state index contributed by atoms with van der Waals surface area (Å²) in [6.07, 6.45) is 1.53. The van der Waals surface area contributed by atoms with Gasteiger partial charge in [-0.1, -0.05) is 12.1 Å². The third-order valence-corrected chi connectivity index (χ3v) is 4.69. The maximum atomic E-state index is 13.3. The number of carbonyl (C=O) groups excluding carboxylic acids is 1. The number of carbonyl (C=O) groups is 1. The predicted octanol–water partition coefficient (Wildman–Crippen LogP) is 3.86. The standard InChI is InChI=1S/C19H17F2N3O/c20-14-9-13(10-15(21)11-14)19(25)24-7-5-12(6-8-24)18-22-16-3-1-2-4-17(16)23-18/h1-4,9-12H,5-8H2,(H,22,23).